The van der Waals surface area contributed by atoms with Gasteiger partial charge in [-0.05, 0) is 50.7 Å². The number of carbonyl (C=O) groups excluding carboxylic acids is 2. The Labute approximate surface area is 160 Å². The van der Waals surface area contributed by atoms with Crippen LogP contribution in [-0.4, -0.2) is 39.9 Å². The molecule has 2 aliphatic carbocycles. The van der Waals surface area contributed by atoms with Gasteiger partial charge in [-0.1, -0.05) is 37.0 Å². The molecule has 1 aromatic carbocycles. The van der Waals surface area contributed by atoms with Crippen molar-refractivity contribution in [1.82, 2.24) is 10.2 Å². The van der Waals surface area contributed by atoms with Crippen LogP contribution in [0.15, 0.2) is 24.3 Å². The highest BCUT2D eigenvalue weighted by atomic mass is 32.2. The molecule has 0 aromatic heterocycles. The number of nitrogens with one attached hydrogen (secondary N) is 1. The Morgan fingerprint density at radius 3 is 2.38 bits per heavy atom. The van der Waals surface area contributed by atoms with Crippen molar-refractivity contribution in [1.29, 1.82) is 0 Å². The predicted octanol–water partition coefficient (Wildman–Crippen LogP) is 3.74. The number of thioether (sulfide) groups is 1. The first kappa shape index (κ1) is 17.9. The highest BCUT2D eigenvalue weighted by molar-refractivity contribution is 8.00. The van der Waals surface area contributed by atoms with Gasteiger partial charge in [0.1, 0.15) is 6.04 Å². The van der Waals surface area contributed by atoms with Crippen molar-refractivity contribution in [2.24, 2.45) is 5.92 Å². The fourth-order valence-corrected chi connectivity index (χ4v) is 5.78. The molecule has 1 heterocycles. The van der Waals surface area contributed by atoms with Gasteiger partial charge in [0.25, 0.3) is 5.91 Å². The average molecular weight is 373 g/mol. The van der Waals surface area contributed by atoms with Crippen LogP contribution in [-0.2, 0) is 4.79 Å². The zero-order chi connectivity index (χ0) is 18.1. The van der Waals surface area contributed by atoms with Gasteiger partial charge in [0.15, 0.2) is 0 Å². The lowest BCUT2D eigenvalue weighted by atomic mass is 9.88. The van der Waals surface area contributed by atoms with E-state index in [1.807, 2.05) is 47.9 Å². The molecule has 0 bridgehead atoms. The van der Waals surface area contributed by atoms with Gasteiger partial charge in [-0.2, -0.15) is 0 Å². The number of amides is 2. The average Bonchev–Trinajstić information content (AvgIpc) is 3.36. The Hall–Kier alpha value is -1.49. The first-order valence-corrected chi connectivity index (χ1v) is 11.0. The van der Waals surface area contributed by atoms with Gasteiger partial charge in [0, 0.05) is 17.4 Å². The molecule has 2 amide bonds. The fraction of sp³-hybridized carbons (Fsp3) is 0.619. The molecule has 4 nitrogen and oxygen atoms in total. The molecule has 4 rings (SSSR count). The van der Waals surface area contributed by atoms with Crippen molar-refractivity contribution >= 4 is 23.6 Å². The van der Waals surface area contributed by atoms with Crippen molar-refractivity contribution in [3.8, 4) is 0 Å². The largest absolute Gasteiger partial charge is 0.352 e. The molecule has 1 aliphatic heterocycles. The van der Waals surface area contributed by atoms with E-state index in [0.717, 1.165) is 24.2 Å². The fourth-order valence-electron chi connectivity index (χ4n) is 4.14. The van der Waals surface area contributed by atoms with Crippen LogP contribution in [0.1, 0.15) is 60.9 Å². The van der Waals surface area contributed by atoms with E-state index < -0.39 is 0 Å². The zero-order valence-corrected chi connectivity index (χ0v) is 16.3. The maximum absolute atomic E-state index is 13.4. The smallest absolute Gasteiger partial charge is 0.255 e. The third-order valence-corrected chi connectivity index (χ3v) is 7.31. The number of nitrogens with zero attached hydrogens (tertiary/aromatic N) is 1. The maximum atomic E-state index is 13.4. The molecule has 0 radical (unpaired) electrons. The zero-order valence-electron chi connectivity index (χ0n) is 15.4. The van der Waals surface area contributed by atoms with Crippen LogP contribution in [0.5, 0.6) is 0 Å². The number of aryl methyl sites for hydroxylation is 1. The Balaban J connectivity index is 1.58. The molecule has 0 spiro atoms. The summed E-state index contributed by atoms with van der Waals surface area (Å²) in [6.45, 7) is 2.02. The van der Waals surface area contributed by atoms with E-state index in [-0.39, 0.29) is 23.2 Å². The number of hydrogen-bond acceptors (Lipinski definition) is 3. The lowest BCUT2D eigenvalue weighted by Crippen LogP contribution is -2.51. The van der Waals surface area contributed by atoms with Crippen LogP contribution in [0.3, 0.4) is 0 Å². The Kier molecular flexibility index (Phi) is 5.25. The number of carbonyl (C=O) groups is 2. The molecule has 26 heavy (non-hydrogen) atoms. The second-order valence-electron chi connectivity index (χ2n) is 8.00. The van der Waals surface area contributed by atoms with Crippen LogP contribution < -0.4 is 5.32 Å². The standard InChI is InChI=1S/C21H28N2O2S/c1-14-7-9-15(10-8-14)20(25)23-18(19(24)22-17-11-12-17)13-26-21(23)16-5-3-2-4-6-16/h7-10,16-18,21H,2-6,11-13H2,1H3,(H,22,24)/t18-,21-/m1/s1. The second kappa shape index (κ2) is 7.63. The van der Waals surface area contributed by atoms with Crippen molar-refractivity contribution in [3.05, 3.63) is 35.4 Å². The lowest BCUT2D eigenvalue weighted by Gasteiger charge is -2.35. The molecule has 140 valence electrons. The first-order chi connectivity index (χ1) is 12.6. The van der Waals surface area contributed by atoms with Gasteiger partial charge in [0.05, 0.1) is 5.37 Å². The van der Waals surface area contributed by atoms with Gasteiger partial charge in [-0.3, -0.25) is 9.59 Å². The highest BCUT2D eigenvalue weighted by Gasteiger charge is 2.45. The van der Waals surface area contributed by atoms with Crippen LogP contribution in [0.4, 0.5) is 0 Å². The van der Waals surface area contributed by atoms with Gasteiger partial charge in [-0.15, -0.1) is 11.8 Å². The van der Waals surface area contributed by atoms with Gasteiger partial charge in [-0.25, -0.2) is 0 Å². The minimum atomic E-state index is -0.332. The summed E-state index contributed by atoms with van der Waals surface area (Å²) in [6, 6.07) is 7.75. The Bertz CT molecular complexity index is 665. The molecule has 2 atom stereocenters. The summed E-state index contributed by atoms with van der Waals surface area (Å²) in [6.07, 6.45) is 8.28. The van der Waals surface area contributed by atoms with Gasteiger partial charge in [0.2, 0.25) is 5.91 Å². The van der Waals surface area contributed by atoms with Crippen LogP contribution in [0, 0.1) is 12.8 Å². The molecular weight excluding hydrogens is 344 g/mol. The van der Waals surface area contributed by atoms with Crippen LogP contribution in [0.2, 0.25) is 0 Å². The number of benzene rings is 1. The summed E-state index contributed by atoms with van der Waals surface area (Å²) in [7, 11) is 0. The first-order valence-electron chi connectivity index (χ1n) is 9.95. The molecule has 2 saturated carbocycles. The lowest BCUT2D eigenvalue weighted by molar-refractivity contribution is -0.125. The van der Waals surface area contributed by atoms with E-state index in [9.17, 15) is 9.59 Å². The molecule has 3 fully saturated rings. The summed E-state index contributed by atoms with van der Waals surface area (Å²) in [5, 5.41) is 3.26. The minimum absolute atomic E-state index is 0.0153. The van der Waals surface area contributed by atoms with E-state index in [4.69, 9.17) is 0 Å². The van der Waals surface area contributed by atoms with E-state index in [0.29, 0.717) is 17.5 Å². The summed E-state index contributed by atoms with van der Waals surface area (Å²) in [5.74, 6) is 1.29. The molecule has 1 aromatic rings. The van der Waals surface area contributed by atoms with Crippen LogP contribution >= 0.6 is 11.8 Å². The van der Waals surface area contributed by atoms with Crippen molar-refractivity contribution in [3.63, 3.8) is 0 Å². The molecule has 0 unspecified atom stereocenters. The highest BCUT2D eigenvalue weighted by Crippen LogP contribution is 2.41. The van der Waals surface area contributed by atoms with E-state index in [1.54, 1.807) is 0 Å². The van der Waals surface area contributed by atoms with Crippen molar-refractivity contribution < 1.29 is 9.59 Å². The third-order valence-electron chi connectivity index (χ3n) is 5.85. The third kappa shape index (κ3) is 3.78. The van der Waals surface area contributed by atoms with Crippen molar-refractivity contribution in [2.75, 3.05) is 5.75 Å². The normalized spacial score (nSPS) is 26.7. The van der Waals surface area contributed by atoms with E-state index in [1.165, 1.54) is 32.1 Å². The van der Waals surface area contributed by atoms with Crippen LogP contribution in [0.25, 0.3) is 0 Å². The SMILES string of the molecule is Cc1ccc(C(=O)N2[C@@H](C(=O)NC3CC3)CS[C@@H]2C2CCCCC2)cc1. The quantitative estimate of drug-likeness (QED) is 0.876. The summed E-state index contributed by atoms with van der Waals surface area (Å²) in [5.41, 5.74) is 1.84. The molecule has 3 aliphatic rings. The molecule has 1 N–H and O–H groups in total. The monoisotopic (exact) mass is 372 g/mol. The maximum Gasteiger partial charge on any atom is 0.255 e. The molecule has 5 heteroatoms. The Morgan fingerprint density at radius 2 is 1.73 bits per heavy atom. The summed E-state index contributed by atoms with van der Waals surface area (Å²) < 4.78 is 0. The van der Waals surface area contributed by atoms with E-state index >= 15 is 0 Å². The van der Waals surface area contributed by atoms with Gasteiger partial charge >= 0.3 is 0 Å². The molecular formula is C21H28N2O2S. The number of hydrogen-bond donors (Lipinski definition) is 1. The molecule has 1 saturated heterocycles. The van der Waals surface area contributed by atoms with Gasteiger partial charge < -0.3 is 10.2 Å². The summed E-state index contributed by atoms with van der Waals surface area (Å²) in [4.78, 5) is 28.1. The minimum Gasteiger partial charge on any atom is -0.352 e. The number of rotatable bonds is 4. The summed E-state index contributed by atoms with van der Waals surface area (Å²) >= 11 is 1.81. The predicted molar refractivity (Wildman–Crippen MR) is 105 cm³/mol. The second-order valence-corrected chi connectivity index (χ2v) is 9.15. The Morgan fingerprint density at radius 1 is 1.04 bits per heavy atom. The topological polar surface area (TPSA) is 49.4 Å². The van der Waals surface area contributed by atoms with E-state index in [2.05, 4.69) is 5.32 Å². The van der Waals surface area contributed by atoms with Crippen molar-refractivity contribution in [2.45, 2.75) is 69.3 Å².